The summed E-state index contributed by atoms with van der Waals surface area (Å²) in [5, 5.41) is 3.14. The Kier molecular flexibility index (Phi) is 4.87. The quantitative estimate of drug-likeness (QED) is 0.822. The number of carbonyl (C=O) groups excluding carboxylic acids is 1. The van der Waals surface area contributed by atoms with Crippen LogP contribution in [0.15, 0.2) is 46.9 Å². The van der Waals surface area contributed by atoms with Crippen LogP contribution in [0.3, 0.4) is 0 Å². The van der Waals surface area contributed by atoms with Gasteiger partial charge in [-0.1, -0.05) is 23.7 Å². The maximum atomic E-state index is 11.8. The van der Waals surface area contributed by atoms with Crippen LogP contribution in [-0.2, 0) is 4.79 Å². The molecular weight excluding hydrogens is 344 g/mol. The molecule has 0 aliphatic rings. The van der Waals surface area contributed by atoms with Gasteiger partial charge in [0.2, 0.25) is 0 Å². The molecule has 2 aromatic carbocycles. The molecule has 0 radical (unpaired) electrons. The largest absolute Gasteiger partial charge is 0.482 e. The molecule has 3 N–H and O–H groups in total. The second-order valence-electron chi connectivity index (χ2n) is 4.01. The van der Waals surface area contributed by atoms with Gasteiger partial charge in [0, 0.05) is 16.2 Å². The van der Waals surface area contributed by atoms with E-state index in [1.807, 2.05) is 18.2 Å². The number of hydrogen-bond donors (Lipinski definition) is 2. The molecule has 0 bridgehead atoms. The third-order valence-corrected chi connectivity index (χ3v) is 3.47. The highest BCUT2D eigenvalue weighted by Gasteiger charge is 2.08. The summed E-state index contributed by atoms with van der Waals surface area (Å²) in [6.45, 7) is -0.148. The van der Waals surface area contributed by atoms with Crippen LogP contribution in [0.25, 0.3) is 0 Å². The molecule has 0 aliphatic carbocycles. The summed E-state index contributed by atoms with van der Waals surface area (Å²) >= 11 is 9.29. The van der Waals surface area contributed by atoms with Gasteiger partial charge in [0.25, 0.3) is 5.91 Å². The molecule has 20 heavy (non-hydrogen) atoms. The summed E-state index contributed by atoms with van der Waals surface area (Å²) in [6.07, 6.45) is 0. The Morgan fingerprint density at radius 1 is 1.30 bits per heavy atom. The van der Waals surface area contributed by atoms with Crippen LogP contribution in [0, 0.1) is 0 Å². The fourth-order valence-corrected chi connectivity index (χ4v) is 2.08. The van der Waals surface area contributed by atoms with Gasteiger partial charge in [-0.15, -0.1) is 0 Å². The normalized spacial score (nSPS) is 10.1. The molecule has 104 valence electrons. The van der Waals surface area contributed by atoms with Gasteiger partial charge in [0.05, 0.1) is 10.7 Å². The van der Waals surface area contributed by atoms with Gasteiger partial charge in [-0.2, -0.15) is 0 Å². The lowest BCUT2D eigenvalue weighted by Gasteiger charge is -2.10. The molecule has 0 aromatic heterocycles. The smallest absolute Gasteiger partial charge is 0.262 e. The maximum Gasteiger partial charge on any atom is 0.262 e. The third-order valence-electron chi connectivity index (χ3n) is 2.46. The molecule has 2 rings (SSSR count). The first-order valence-corrected chi connectivity index (χ1v) is 6.95. The minimum atomic E-state index is -0.282. The molecule has 0 atom stereocenters. The zero-order valence-electron chi connectivity index (χ0n) is 10.4. The Bertz CT molecular complexity index is 634. The highest BCUT2D eigenvalue weighted by atomic mass is 79.9. The van der Waals surface area contributed by atoms with Crippen LogP contribution in [0.1, 0.15) is 0 Å². The SMILES string of the molecule is Nc1ccc(Cl)c(OCC(=O)Nc2ccccc2Br)c1. The number of benzene rings is 2. The first-order valence-electron chi connectivity index (χ1n) is 5.78. The number of rotatable bonds is 4. The lowest BCUT2D eigenvalue weighted by Crippen LogP contribution is -2.20. The highest BCUT2D eigenvalue weighted by Crippen LogP contribution is 2.26. The molecule has 0 saturated carbocycles. The van der Waals surface area contributed by atoms with Crippen molar-refractivity contribution >= 4 is 44.8 Å². The number of ether oxygens (including phenoxy) is 1. The van der Waals surface area contributed by atoms with Crippen molar-refractivity contribution in [2.24, 2.45) is 0 Å². The van der Waals surface area contributed by atoms with E-state index >= 15 is 0 Å². The van der Waals surface area contributed by atoms with E-state index in [0.717, 1.165) is 4.47 Å². The van der Waals surface area contributed by atoms with Gasteiger partial charge >= 0.3 is 0 Å². The Hall–Kier alpha value is -1.72. The maximum absolute atomic E-state index is 11.8. The summed E-state index contributed by atoms with van der Waals surface area (Å²) in [5.74, 6) is 0.101. The van der Waals surface area contributed by atoms with Gasteiger partial charge in [0.15, 0.2) is 6.61 Å². The van der Waals surface area contributed by atoms with Crippen LogP contribution in [0.4, 0.5) is 11.4 Å². The zero-order chi connectivity index (χ0) is 14.5. The van der Waals surface area contributed by atoms with Crippen molar-refractivity contribution < 1.29 is 9.53 Å². The Morgan fingerprint density at radius 3 is 2.80 bits per heavy atom. The second kappa shape index (κ2) is 6.63. The molecule has 1 amide bonds. The average Bonchev–Trinajstić information content (AvgIpc) is 2.42. The average molecular weight is 356 g/mol. The van der Waals surface area contributed by atoms with Gasteiger partial charge in [-0.3, -0.25) is 4.79 Å². The van der Waals surface area contributed by atoms with Crippen molar-refractivity contribution in [2.75, 3.05) is 17.7 Å². The van der Waals surface area contributed by atoms with Crippen molar-refractivity contribution in [1.29, 1.82) is 0 Å². The molecule has 0 unspecified atom stereocenters. The first kappa shape index (κ1) is 14.7. The number of nitrogens with two attached hydrogens (primary N) is 1. The summed E-state index contributed by atoms with van der Waals surface area (Å²) < 4.78 is 6.15. The minimum absolute atomic E-state index is 0.148. The molecule has 0 spiro atoms. The van der Waals surface area contributed by atoms with Gasteiger partial charge < -0.3 is 15.8 Å². The molecule has 2 aromatic rings. The van der Waals surface area contributed by atoms with Gasteiger partial charge in [0.1, 0.15) is 5.75 Å². The van der Waals surface area contributed by atoms with E-state index in [-0.39, 0.29) is 12.5 Å². The van der Waals surface area contributed by atoms with E-state index in [1.54, 1.807) is 24.3 Å². The second-order valence-corrected chi connectivity index (χ2v) is 5.27. The summed E-state index contributed by atoms with van der Waals surface area (Å²) in [6, 6.07) is 12.2. The topological polar surface area (TPSA) is 64.3 Å². The van der Waals surface area contributed by atoms with Gasteiger partial charge in [-0.25, -0.2) is 0 Å². The Labute approximate surface area is 130 Å². The Balaban J connectivity index is 1.96. The van der Waals surface area contributed by atoms with Crippen molar-refractivity contribution in [2.45, 2.75) is 0 Å². The predicted molar refractivity (Wildman–Crippen MR) is 84.1 cm³/mol. The van der Waals surface area contributed by atoms with Crippen molar-refractivity contribution in [3.8, 4) is 5.75 Å². The van der Waals surface area contributed by atoms with Crippen LogP contribution >= 0.6 is 27.5 Å². The molecule has 0 fully saturated rings. The fourth-order valence-electron chi connectivity index (χ4n) is 1.52. The van der Waals surface area contributed by atoms with E-state index < -0.39 is 0 Å². The van der Waals surface area contributed by atoms with Crippen molar-refractivity contribution in [3.63, 3.8) is 0 Å². The fraction of sp³-hybridized carbons (Fsp3) is 0.0714. The number of para-hydroxylation sites is 1. The monoisotopic (exact) mass is 354 g/mol. The number of nitrogens with one attached hydrogen (secondary N) is 1. The number of halogens is 2. The molecule has 6 heteroatoms. The molecule has 4 nitrogen and oxygen atoms in total. The number of anilines is 2. The number of nitrogen functional groups attached to an aromatic ring is 1. The van der Waals surface area contributed by atoms with Crippen LogP contribution < -0.4 is 15.8 Å². The minimum Gasteiger partial charge on any atom is -0.482 e. The lowest BCUT2D eigenvalue weighted by molar-refractivity contribution is -0.118. The summed E-state index contributed by atoms with van der Waals surface area (Å²) in [4.78, 5) is 11.8. The van der Waals surface area contributed by atoms with Crippen LogP contribution in [-0.4, -0.2) is 12.5 Å². The van der Waals surface area contributed by atoms with Gasteiger partial charge in [-0.05, 0) is 40.2 Å². The van der Waals surface area contributed by atoms with E-state index in [1.165, 1.54) is 0 Å². The number of hydrogen-bond acceptors (Lipinski definition) is 3. The van der Waals surface area contributed by atoms with Crippen molar-refractivity contribution in [1.82, 2.24) is 0 Å². The van der Waals surface area contributed by atoms with Crippen LogP contribution in [0.5, 0.6) is 5.75 Å². The van der Waals surface area contributed by atoms with E-state index in [4.69, 9.17) is 22.1 Å². The molecule has 0 heterocycles. The predicted octanol–water partition coefficient (Wildman–Crippen LogP) is 3.70. The zero-order valence-corrected chi connectivity index (χ0v) is 12.7. The summed E-state index contributed by atoms with van der Waals surface area (Å²) in [5.41, 5.74) is 6.84. The van der Waals surface area contributed by atoms with E-state index in [0.29, 0.717) is 22.1 Å². The highest BCUT2D eigenvalue weighted by molar-refractivity contribution is 9.10. The van der Waals surface area contributed by atoms with Crippen LogP contribution in [0.2, 0.25) is 5.02 Å². The van der Waals surface area contributed by atoms with E-state index in [9.17, 15) is 4.79 Å². The lowest BCUT2D eigenvalue weighted by atomic mass is 10.3. The van der Waals surface area contributed by atoms with Crippen molar-refractivity contribution in [3.05, 3.63) is 52.0 Å². The standard InChI is InChI=1S/C14H12BrClN2O2/c15-10-3-1-2-4-12(10)18-14(19)8-20-13-7-9(17)5-6-11(13)16/h1-7H,8,17H2,(H,18,19). The number of carbonyl (C=O) groups is 1. The molecule has 0 aliphatic heterocycles. The number of amides is 1. The molecule has 0 saturated heterocycles. The first-order chi connectivity index (χ1) is 9.56. The van der Waals surface area contributed by atoms with E-state index in [2.05, 4.69) is 21.2 Å². The summed E-state index contributed by atoms with van der Waals surface area (Å²) in [7, 11) is 0. The third kappa shape index (κ3) is 3.88. The molecular formula is C14H12BrClN2O2. The Morgan fingerprint density at radius 2 is 2.05 bits per heavy atom.